The first-order valence-electron chi connectivity index (χ1n) is 5.80. The number of carboxylic acid groups (broad SMARTS) is 1. The third-order valence-electron chi connectivity index (χ3n) is 3.08. The van der Waals surface area contributed by atoms with Crippen molar-refractivity contribution in [3.05, 3.63) is 48.0 Å². The molecular formula is C15H11NO3. The monoisotopic (exact) mass is 253 g/mol. The van der Waals surface area contributed by atoms with Gasteiger partial charge in [-0.2, -0.15) is 0 Å². The number of benzene rings is 2. The van der Waals surface area contributed by atoms with Crippen molar-refractivity contribution >= 4 is 27.8 Å². The van der Waals surface area contributed by atoms with Crippen LogP contribution in [0.2, 0.25) is 0 Å². The molecule has 1 N–H and O–H groups in total. The molecule has 3 rings (SSSR count). The van der Waals surface area contributed by atoms with Crippen molar-refractivity contribution in [3.63, 3.8) is 0 Å². The summed E-state index contributed by atoms with van der Waals surface area (Å²) in [5.41, 5.74) is 1.43. The predicted octanol–water partition coefficient (Wildman–Crippen LogP) is 3.09. The highest BCUT2D eigenvalue weighted by Crippen LogP contribution is 2.25. The van der Waals surface area contributed by atoms with Crippen molar-refractivity contribution in [2.45, 2.75) is 0 Å². The van der Waals surface area contributed by atoms with Crippen molar-refractivity contribution in [2.75, 3.05) is 7.11 Å². The maximum absolute atomic E-state index is 11.2. The third kappa shape index (κ3) is 1.87. The topological polar surface area (TPSA) is 59.4 Å². The van der Waals surface area contributed by atoms with Crippen LogP contribution in [0.15, 0.2) is 42.5 Å². The van der Waals surface area contributed by atoms with Gasteiger partial charge >= 0.3 is 5.97 Å². The van der Waals surface area contributed by atoms with Gasteiger partial charge in [-0.3, -0.25) is 0 Å². The molecule has 0 unspecified atom stereocenters. The lowest BCUT2D eigenvalue weighted by molar-refractivity contribution is 0.0699. The molecule has 0 aliphatic heterocycles. The highest BCUT2D eigenvalue weighted by molar-refractivity contribution is 6.04. The Balaban J connectivity index is 2.39. The first-order valence-corrected chi connectivity index (χ1v) is 5.80. The van der Waals surface area contributed by atoms with Crippen LogP contribution in [0.3, 0.4) is 0 Å². The largest absolute Gasteiger partial charge is 0.497 e. The molecule has 0 aliphatic carbocycles. The van der Waals surface area contributed by atoms with E-state index in [-0.39, 0.29) is 5.56 Å². The Bertz CT molecular complexity index is 796. The Morgan fingerprint density at radius 2 is 2.00 bits per heavy atom. The molecule has 0 spiro atoms. The molecule has 1 heterocycles. The molecule has 0 fully saturated rings. The average Bonchev–Trinajstić information content (AvgIpc) is 2.43. The number of para-hydroxylation sites is 1. The molecule has 94 valence electrons. The van der Waals surface area contributed by atoms with E-state index in [9.17, 15) is 9.90 Å². The molecule has 0 saturated carbocycles. The molecule has 0 amide bonds. The van der Waals surface area contributed by atoms with E-state index in [0.29, 0.717) is 11.3 Å². The lowest BCUT2D eigenvalue weighted by Gasteiger charge is -2.06. The summed E-state index contributed by atoms with van der Waals surface area (Å²) in [6.07, 6.45) is 0. The van der Waals surface area contributed by atoms with Gasteiger partial charge in [0.05, 0.1) is 23.7 Å². The molecule has 0 aliphatic rings. The van der Waals surface area contributed by atoms with Gasteiger partial charge in [-0.25, -0.2) is 9.78 Å². The molecule has 0 saturated heterocycles. The minimum atomic E-state index is -0.972. The van der Waals surface area contributed by atoms with Crippen LogP contribution in [0.1, 0.15) is 10.4 Å². The van der Waals surface area contributed by atoms with Crippen molar-refractivity contribution in [1.82, 2.24) is 4.98 Å². The van der Waals surface area contributed by atoms with Crippen LogP contribution in [-0.4, -0.2) is 23.2 Å². The fraction of sp³-hybridized carbons (Fsp3) is 0.0667. The second kappa shape index (κ2) is 4.24. The summed E-state index contributed by atoms with van der Waals surface area (Å²) in [6, 6.07) is 12.6. The Kier molecular flexibility index (Phi) is 2.56. The quantitative estimate of drug-likeness (QED) is 0.713. The van der Waals surface area contributed by atoms with Crippen LogP contribution in [0.4, 0.5) is 0 Å². The van der Waals surface area contributed by atoms with E-state index >= 15 is 0 Å². The summed E-state index contributed by atoms with van der Waals surface area (Å²) in [5, 5.41) is 11.0. The summed E-state index contributed by atoms with van der Waals surface area (Å²) in [7, 11) is 1.59. The van der Waals surface area contributed by atoms with E-state index in [1.165, 1.54) is 0 Å². The van der Waals surface area contributed by atoms with E-state index in [1.54, 1.807) is 25.3 Å². The van der Waals surface area contributed by atoms with Gasteiger partial charge in [-0.05, 0) is 24.3 Å². The van der Waals surface area contributed by atoms with Gasteiger partial charge in [0, 0.05) is 16.8 Å². The normalized spacial score (nSPS) is 10.8. The van der Waals surface area contributed by atoms with Crippen molar-refractivity contribution in [1.29, 1.82) is 0 Å². The van der Waals surface area contributed by atoms with Gasteiger partial charge < -0.3 is 9.84 Å². The van der Waals surface area contributed by atoms with E-state index in [0.717, 1.165) is 16.3 Å². The smallest absolute Gasteiger partial charge is 0.337 e. The summed E-state index contributed by atoms with van der Waals surface area (Å²) in [5.74, 6) is -0.271. The van der Waals surface area contributed by atoms with Crippen LogP contribution < -0.4 is 4.74 Å². The van der Waals surface area contributed by atoms with E-state index in [4.69, 9.17) is 4.74 Å². The number of fused-ring (bicyclic) bond motifs is 2. The van der Waals surface area contributed by atoms with Gasteiger partial charge in [0.1, 0.15) is 5.75 Å². The second-order valence-electron chi connectivity index (χ2n) is 4.23. The second-order valence-corrected chi connectivity index (χ2v) is 4.23. The summed E-state index contributed by atoms with van der Waals surface area (Å²) in [4.78, 5) is 15.7. The van der Waals surface area contributed by atoms with Crippen LogP contribution >= 0.6 is 0 Å². The Labute approximate surface area is 109 Å². The number of nitrogens with zero attached hydrogens (tertiary/aromatic N) is 1. The zero-order valence-corrected chi connectivity index (χ0v) is 10.3. The highest BCUT2D eigenvalue weighted by atomic mass is 16.5. The maximum Gasteiger partial charge on any atom is 0.337 e. The number of aromatic nitrogens is 1. The van der Waals surface area contributed by atoms with Gasteiger partial charge in [0.2, 0.25) is 0 Å². The fourth-order valence-corrected chi connectivity index (χ4v) is 2.13. The number of ether oxygens (including phenoxy) is 1. The number of pyridine rings is 1. The zero-order chi connectivity index (χ0) is 13.4. The lowest BCUT2D eigenvalue weighted by Crippen LogP contribution is -1.98. The standard InChI is InChI=1S/C15H11NO3/c1-19-11-6-5-9-7-10-3-2-4-12(15(17)18)14(10)16-13(9)8-11/h2-8H,1H3,(H,17,18). The Hall–Kier alpha value is -2.62. The minimum absolute atomic E-state index is 0.210. The number of hydrogen-bond acceptors (Lipinski definition) is 3. The van der Waals surface area contributed by atoms with Gasteiger partial charge in [0.15, 0.2) is 0 Å². The number of aromatic carboxylic acids is 1. The molecule has 0 atom stereocenters. The summed E-state index contributed by atoms with van der Waals surface area (Å²) >= 11 is 0. The molecule has 3 aromatic rings. The predicted molar refractivity (Wildman–Crippen MR) is 72.8 cm³/mol. The van der Waals surface area contributed by atoms with Gasteiger partial charge in [-0.1, -0.05) is 12.1 Å². The molecular weight excluding hydrogens is 242 g/mol. The van der Waals surface area contributed by atoms with E-state index in [1.807, 2.05) is 24.3 Å². The summed E-state index contributed by atoms with van der Waals surface area (Å²) < 4.78 is 5.16. The van der Waals surface area contributed by atoms with E-state index in [2.05, 4.69) is 4.98 Å². The van der Waals surface area contributed by atoms with Crippen molar-refractivity contribution < 1.29 is 14.6 Å². The van der Waals surface area contributed by atoms with Crippen LogP contribution in [0, 0.1) is 0 Å². The summed E-state index contributed by atoms with van der Waals surface area (Å²) in [6.45, 7) is 0. The maximum atomic E-state index is 11.2. The van der Waals surface area contributed by atoms with Crippen LogP contribution in [0.25, 0.3) is 21.8 Å². The van der Waals surface area contributed by atoms with Gasteiger partial charge in [0.25, 0.3) is 0 Å². The Morgan fingerprint density at radius 1 is 1.16 bits per heavy atom. The number of rotatable bonds is 2. The first-order chi connectivity index (χ1) is 9.19. The molecule has 0 bridgehead atoms. The zero-order valence-electron chi connectivity index (χ0n) is 10.3. The van der Waals surface area contributed by atoms with Gasteiger partial charge in [-0.15, -0.1) is 0 Å². The minimum Gasteiger partial charge on any atom is -0.497 e. The van der Waals surface area contributed by atoms with Crippen LogP contribution in [0.5, 0.6) is 5.75 Å². The van der Waals surface area contributed by atoms with Crippen molar-refractivity contribution in [3.8, 4) is 5.75 Å². The highest BCUT2D eigenvalue weighted by Gasteiger charge is 2.10. The van der Waals surface area contributed by atoms with E-state index < -0.39 is 5.97 Å². The fourth-order valence-electron chi connectivity index (χ4n) is 2.13. The molecule has 2 aromatic carbocycles. The molecule has 0 radical (unpaired) electrons. The van der Waals surface area contributed by atoms with Crippen molar-refractivity contribution in [2.24, 2.45) is 0 Å². The molecule has 19 heavy (non-hydrogen) atoms. The third-order valence-corrected chi connectivity index (χ3v) is 3.08. The first kappa shape index (κ1) is 11.5. The molecule has 1 aromatic heterocycles. The molecule has 4 nitrogen and oxygen atoms in total. The lowest BCUT2D eigenvalue weighted by atomic mass is 10.1. The number of carboxylic acids is 1. The van der Waals surface area contributed by atoms with Crippen LogP contribution in [-0.2, 0) is 0 Å². The number of hydrogen-bond donors (Lipinski definition) is 1. The number of methoxy groups -OCH3 is 1. The SMILES string of the molecule is COc1ccc2cc3cccc(C(=O)O)c3nc2c1. The Morgan fingerprint density at radius 3 is 2.74 bits per heavy atom. The number of carbonyl (C=O) groups is 1. The average molecular weight is 253 g/mol. The molecule has 4 heteroatoms.